The summed E-state index contributed by atoms with van der Waals surface area (Å²) in [7, 11) is 0. The molecule has 3 heterocycles. The van der Waals surface area contributed by atoms with Crippen molar-refractivity contribution < 1.29 is 9.18 Å². The SMILES string of the molecule is O=C(NC1=NCC2CN(c3ncc(F)cn3)CC2(c2cccc(Br)c2)S1)c1ccccc1. The number of carbonyl (C=O) groups is 1. The number of amides is 1. The molecule has 1 aromatic heterocycles. The minimum atomic E-state index is -0.462. The van der Waals surface area contributed by atoms with Crippen molar-refractivity contribution in [3.05, 3.63) is 88.4 Å². The van der Waals surface area contributed by atoms with Crippen molar-refractivity contribution in [3.8, 4) is 0 Å². The Bertz CT molecular complexity index is 1180. The maximum Gasteiger partial charge on any atom is 0.257 e. The second-order valence-electron chi connectivity index (χ2n) is 7.75. The van der Waals surface area contributed by atoms with Gasteiger partial charge < -0.3 is 10.2 Å². The molecule has 2 atom stereocenters. The highest BCUT2D eigenvalue weighted by Gasteiger charge is 2.52. The number of nitrogens with zero attached hydrogens (tertiary/aromatic N) is 4. The summed E-state index contributed by atoms with van der Waals surface area (Å²) in [6.07, 6.45) is 2.37. The smallest absolute Gasteiger partial charge is 0.257 e. The average molecular weight is 512 g/mol. The first-order chi connectivity index (χ1) is 15.5. The van der Waals surface area contributed by atoms with Gasteiger partial charge in [-0.05, 0) is 29.8 Å². The highest BCUT2D eigenvalue weighted by atomic mass is 79.9. The zero-order valence-electron chi connectivity index (χ0n) is 16.9. The molecule has 2 aliphatic heterocycles. The summed E-state index contributed by atoms with van der Waals surface area (Å²) in [5.74, 6) is 0.0190. The number of nitrogens with one attached hydrogen (secondary N) is 1. The highest BCUT2D eigenvalue weighted by Crippen LogP contribution is 2.51. The molecule has 1 fully saturated rings. The summed E-state index contributed by atoms with van der Waals surface area (Å²) >= 11 is 5.15. The first-order valence-electron chi connectivity index (χ1n) is 10.1. The van der Waals surface area contributed by atoms with Crippen LogP contribution in [-0.4, -0.2) is 40.7 Å². The third kappa shape index (κ3) is 4.02. The molecule has 2 unspecified atom stereocenters. The van der Waals surface area contributed by atoms with Gasteiger partial charge in [-0.2, -0.15) is 0 Å². The molecule has 1 N–H and O–H groups in total. The standard InChI is InChI=1S/C23H19BrFN5OS/c24-18-8-4-7-16(9-18)23-14-30(21-26-11-19(25)12-27-21)13-17(23)10-28-22(32-23)29-20(31)15-5-2-1-3-6-15/h1-9,11-12,17H,10,13-14H2,(H,28,29,31). The van der Waals surface area contributed by atoms with Crippen LogP contribution in [0.2, 0.25) is 0 Å². The third-order valence-electron chi connectivity index (χ3n) is 5.72. The van der Waals surface area contributed by atoms with Crippen LogP contribution in [0.4, 0.5) is 10.3 Å². The fourth-order valence-corrected chi connectivity index (χ4v) is 6.00. The summed E-state index contributed by atoms with van der Waals surface area (Å²) in [4.78, 5) is 27.8. The van der Waals surface area contributed by atoms with E-state index in [1.165, 1.54) is 12.4 Å². The zero-order valence-corrected chi connectivity index (χ0v) is 19.3. The molecule has 5 rings (SSSR count). The molecular formula is C23H19BrFN5OS. The van der Waals surface area contributed by atoms with Crippen molar-refractivity contribution in [2.24, 2.45) is 10.9 Å². The molecule has 0 radical (unpaired) electrons. The van der Waals surface area contributed by atoms with Crippen molar-refractivity contribution in [2.75, 3.05) is 24.5 Å². The van der Waals surface area contributed by atoms with Gasteiger partial charge in [-0.25, -0.2) is 14.4 Å². The first-order valence-corrected chi connectivity index (χ1v) is 11.7. The number of aromatic nitrogens is 2. The number of halogens is 2. The highest BCUT2D eigenvalue weighted by molar-refractivity contribution is 9.10. The minimum absolute atomic E-state index is 0.174. The van der Waals surface area contributed by atoms with Crippen LogP contribution < -0.4 is 10.2 Å². The van der Waals surface area contributed by atoms with Gasteiger partial charge in [0.25, 0.3) is 5.91 Å². The van der Waals surface area contributed by atoms with Crippen molar-refractivity contribution in [1.29, 1.82) is 0 Å². The number of hydrogen-bond donors (Lipinski definition) is 1. The van der Waals surface area contributed by atoms with Gasteiger partial charge in [0.05, 0.1) is 17.1 Å². The van der Waals surface area contributed by atoms with E-state index in [9.17, 15) is 9.18 Å². The van der Waals surface area contributed by atoms with Crippen molar-refractivity contribution in [1.82, 2.24) is 15.3 Å². The van der Waals surface area contributed by atoms with Gasteiger partial charge in [-0.1, -0.05) is 58.0 Å². The van der Waals surface area contributed by atoms with Crippen molar-refractivity contribution in [3.63, 3.8) is 0 Å². The predicted octanol–water partition coefficient (Wildman–Crippen LogP) is 4.24. The van der Waals surface area contributed by atoms with Gasteiger partial charge in [0.1, 0.15) is 0 Å². The fraction of sp³-hybridized carbons (Fsp3) is 0.217. The second-order valence-corrected chi connectivity index (χ2v) is 9.98. The van der Waals surface area contributed by atoms with Crippen LogP contribution in [0.1, 0.15) is 15.9 Å². The molecule has 3 aromatic rings. The normalized spacial score (nSPS) is 22.2. The lowest BCUT2D eigenvalue weighted by Gasteiger charge is -2.37. The van der Waals surface area contributed by atoms with Gasteiger partial charge >= 0.3 is 0 Å². The van der Waals surface area contributed by atoms with E-state index in [-0.39, 0.29) is 16.6 Å². The van der Waals surface area contributed by atoms with Crippen LogP contribution in [0.5, 0.6) is 0 Å². The third-order valence-corrected chi connectivity index (χ3v) is 7.70. The number of amidine groups is 1. The molecule has 0 bridgehead atoms. The number of fused-ring (bicyclic) bond motifs is 1. The molecule has 9 heteroatoms. The van der Waals surface area contributed by atoms with Crippen LogP contribution in [0, 0.1) is 11.7 Å². The number of aliphatic imine (C=N–C) groups is 1. The Morgan fingerprint density at radius 1 is 1.16 bits per heavy atom. The van der Waals surface area contributed by atoms with E-state index in [1.807, 2.05) is 30.3 Å². The Morgan fingerprint density at radius 2 is 1.94 bits per heavy atom. The molecule has 0 spiro atoms. The molecule has 162 valence electrons. The molecule has 6 nitrogen and oxygen atoms in total. The molecule has 0 aliphatic carbocycles. The molecule has 32 heavy (non-hydrogen) atoms. The fourth-order valence-electron chi connectivity index (χ4n) is 4.19. The second kappa shape index (κ2) is 8.63. The largest absolute Gasteiger partial charge is 0.339 e. The number of benzene rings is 2. The Labute approximate surface area is 197 Å². The number of thioether (sulfide) groups is 1. The molecule has 1 saturated heterocycles. The molecule has 2 aliphatic rings. The van der Waals surface area contributed by atoms with Gasteiger partial charge in [0.15, 0.2) is 11.0 Å². The summed E-state index contributed by atoms with van der Waals surface area (Å²) in [5.41, 5.74) is 1.72. The first kappa shape index (κ1) is 21.1. The topological polar surface area (TPSA) is 70.5 Å². The van der Waals surface area contributed by atoms with E-state index in [4.69, 9.17) is 0 Å². The number of anilines is 1. The maximum absolute atomic E-state index is 13.4. The molecular weight excluding hydrogens is 493 g/mol. The lowest BCUT2D eigenvalue weighted by molar-refractivity contribution is 0.0977. The van der Waals surface area contributed by atoms with Crippen LogP contribution in [0.3, 0.4) is 0 Å². The monoisotopic (exact) mass is 511 g/mol. The number of carbonyl (C=O) groups excluding carboxylic acids is 1. The van der Waals surface area contributed by atoms with E-state index in [1.54, 1.807) is 23.9 Å². The van der Waals surface area contributed by atoms with Crippen molar-refractivity contribution >= 4 is 44.7 Å². The Hall–Kier alpha value is -2.78. The minimum Gasteiger partial charge on any atom is -0.339 e. The quantitative estimate of drug-likeness (QED) is 0.569. The van der Waals surface area contributed by atoms with Crippen LogP contribution in [0.25, 0.3) is 0 Å². The Balaban J connectivity index is 1.46. The van der Waals surface area contributed by atoms with Gasteiger partial charge in [0, 0.05) is 35.6 Å². The van der Waals surface area contributed by atoms with Crippen LogP contribution in [-0.2, 0) is 4.75 Å². The lowest BCUT2D eigenvalue weighted by atomic mass is 9.87. The van der Waals surface area contributed by atoms with E-state index in [0.717, 1.165) is 10.0 Å². The van der Waals surface area contributed by atoms with Crippen molar-refractivity contribution in [2.45, 2.75) is 4.75 Å². The zero-order chi connectivity index (χ0) is 22.1. The Kier molecular flexibility index (Phi) is 5.69. The van der Waals surface area contributed by atoms with Crippen LogP contribution >= 0.6 is 27.7 Å². The maximum atomic E-state index is 13.4. The summed E-state index contributed by atoms with van der Waals surface area (Å²) in [6, 6.07) is 17.3. The number of hydrogen-bond acceptors (Lipinski definition) is 6. The number of rotatable bonds is 3. The molecule has 1 amide bonds. The average Bonchev–Trinajstić information content (AvgIpc) is 3.20. The summed E-state index contributed by atoms with van der Waals surface area (Å²) in [5, 5.41) is 3.58. The lowest BCUT2D eigenvalue weighted by Crippen LogP contribution is -2.42. The molecule has 0 saturated carbocycles. The van der Waals surface area contributed by atoms with Gasteiger partial charge in [-0.15, -0.1) is 0 Å². The van der Waals surface area contributed by atoms with Crippen LogP contribution in [0.15, 0.2) is 76.5 Å². The molecule has 2 aromatic carbocycles. The van der Waals surface area contributed by atoms with E-state index >= 15 is 0 Å². The van der Waals surface area contributed by atoms with Gasteiger partial charge in [-0.3, -0.25) is 9.79 Å². The summed E-state index contributed by atoms with van der Waals surface area (Å²) in [6.45, 7) is 1.86. The predicted molar refractivity (Wildman–Crippen MR) is 127 cm³/mol. The van der Waals surface area contributed by atoms with Gasteiger partial charge in [0.2, 0.25) is 5.95 Å². The summed E-state index contributed by atoms with van der Waals surface area (Å²) < 4.78 is 14.0. The van der Waals surface area contributed by atoms with E-state index in [2.05, 4.69) is 53.2 Å². The Morgan fingerprint density at radius 3 is 2.69 bits per heavy atom. The van der Waals surface area contributed by atoms with E-state index < -0.39 is 5.82 Å². The van der Waals surface area contributed by atoms with E-state index in [0.29, 0.717) is 36.3 Å².